The molecule has 0 saturated heterocycles. The third-order valence-electron chi connectivity index (χ3n) is 4.58. The van der Waals surface area contributed by atoms with Crippen LogP contribution in [-0.2, 0) is 20.9 Å². The van der Waals surface area contributed by atoms with Crippen molar-refractivity contribution in [1.82, 2.24) is 10.2 Å². The molecule has 2 aromatic rings. The number of nitrogens with zero attached hydrogens (tertiary/aromatic N) is 3. The number of hydrogen-bond acceptors (Lipinski definition) is 7. The second kappa shape index (κ2) is 8.80. The summed E-state index contributed by atoms with van der Waals surface area (Å²) in [4.78, 5) is 48.1. The van der Waals surface area contributed by atoms with E-state index in [1.54, 1.807) is 11.3 Å². The lowest BCUT2D eigenvalue weighted by atomic mass is 10.1. The van der Waals surface area contributed by atoms with Gasteiger partial charge in [0.25, 0.3) is 5.91 Å². The Morgan fingerprint density at radius 1 is 1.23 bits per heavy atom. The number of thiophene rings is 1. The summed E-state index contributed by atoms with van der Waals surface area (Å²) in [5, 5.41) is 5.20. The molecule has 1 atom stereocenters. The van der Waals surface area contributed by atoms with E-state index in [1.807, 2.05) is 41.8 Å². The van der Waals surface area contributed by atoms with Crippen LogP contribution in [0.4, 0.5) is 5.69 Å². The van der Waals surface area contributed by atoms with Crippen molar-refractivity contribution >= 4 is 57.5 Å². The minimum atomic E-state index is -0.668. The van der Waals surface area contributed by atoms with E-state index in [2.05, 4.69) is 15.3 Å². The van der Waals surface area contributed by atoms with E-state index in [0.29, 0.717) is 29.7 Å². The molecule has 0 spiro atoms. The average Bonchev–Trinajstić information content (AvgIpc) is 3.37. The Morgan fingerprint density at radius 2 is 2.07 bits per heavy atom. The van der Waals surface area contributed by atoms with Gasteiger partial charge in [0.2, 0.25) is 11.8 Å². The van der Waals surface area contributed by atoms with Crippen LogP contribution < -0.4 is 11.1 Å². The second-order valence-electron chi connectivity index (χ2n) is 6.70. The summed E-state index contributed by atoms with van der Waals surface area (Å²) in [5.74, 6) is -0.361. The zero-order chi connectivity index (χ0) is 21.1. The molecule has 4 rings (SSSR count). The standard InChI is InChI=1S/C20H19N5O3S2/c21-16(26)11-30-20-24-14-6-2-1-5-13(14)18-23-15(19(28)25(18)20)7-8-17(27)22-10-12-4-3-9-29-12/h1-6,9,15H,7-8,10-11H2,(H2,21,26)(H,22,27)/t15-/m1/s1. The summed E-state index contributed by atoms with van der Waals surface area (Å²) in [6.45, 7) is 0.476. The third-order valence-corrected chi connectivity index (χ3v) is 6.41. The predicted molar refractivity (Wildman–Crippen MR) is 118 cm³/mol. The first-order valence-electron chi connectivity index (χ1n) is 9.33. The van der Waals surface area contributed by atoms with Crippen molar-refractivity contribution in [2.24, 2.45) is 15.7 Å². The van der Waals surface area contributed by atoms with Crippen LogP contribution in [-0.4, -0.2) is 45.4 Å². The number of primary amides is 1. The molecule has 0 unspecified atom stereocenters. The third kappa shape index (κ3) is 4.29. The van der Waals surface area contributed by atoms with E-state index in [0.717, 1.165) is 22.2 Å². The number of carbonyl (C=O) groups is 3. The van der Waals surface area contributed by atoms with Gasteiger partial charge in [0.15, 0.2) is 5.17 Å². The van der Waals surface area contributed by atoms with Gasteiger partial charge >= 0.3 is 0 Å². The molecule has 30 heavy (non-hydrogen) atoms. The van der Waals surface area contributed by atoms with E-state index in [-0.39, 0.29) is 24.0 Å². The number of nitrogens with two attached hydrogens (primary N) is 1. The fourth-order valence-corrected chi connectivity index (χ4v) is 4.56. The Kier molecular flexibility index (Phi) is 5.96. The van der Waals surface area contributed by atoms with Crippen molar-refractivity contribution < 1.29 is 14.4 Å². The number of aliphatic imine (C=N–C) groups is 2. The van der Waals surface area contributed by atoms with Gasteiger partial charge in [-0.1, -0.05) is 30.0 Å². The highest BCUT2D eigenvalue weighted by Gasteiger charge is 2.41. The summed E-state index contributed by atoms with van der Waals surface area (Å²) in [6, 6.07) is 10.6. The zero-order valence-corrected chi connectivity index (χ0v) is 17.5. The molecule has 0 fully saturated rings. The lowest BCUT2D eigenvalue weighted by molar-refractivity contribution is -0.125. The molecule has 2 aliphatic heterocycles. The number of fused-ring (bicyclic) bond motifs is 3. The molecule has 1 aromatic carbocycles. The van der Waals surface area contributed by atoms with Crippen LogP contribution in [0.25, 0.3) is 0 Å². The number of amides is 3. The first-order valence-corrected chi connectivity index (χ1v) is 11.2. The van der Waals surface area contributed by atoms with Crippen LogP contribution in [0, 0.1) is 0 Å². The van der Waals surface area contributed by atoms with Gasteiger partial charge < -0.3 is 11.1 Å². The van der Waals surface area contributed by atoms with Gasteiger partial charge in [-0.3, -0.25) is 19.4 Å². The highest BCUT2D eigenvalue weighted by atomic mass is 32.2. The predicted octanol–water partition coefficient (Wildman–Crippen LogP) is 2.02. The van der Waals surface area contributed by atoms with Gasteiger partial charge in [0.05, 0.1) is 18.0 Å². The van der Waals surface area contributed by atoms with Crippen LogP contribution >= 0.6 is 23.1 Å². The fourth-order valence-electron chi connectivity index (χ4n) is 3.18. The van der Waals surface area contributed by atoms with Crippen molar-refractivity contribution in [2.75, 3.05) is 5.75 Å². The maximum absolute atomic E-state index is 13.0. The molecule has 2 aliphatic rings. The second-order valence-corrected chi connectivity index (χ2v) is 8.68. The van der Waals surface area contributed by atoms with Crippen LogP contribution in [0.1, 0.15) is 23.3 Å². The topological polar surface area (TPSA) is 117 Å². The van der Waals surface area contributed by atoms with Crippen LogP contribution in [0.15, 0.2) is 51.8 Å². The normalized spacial score (nSPS) is 17.1. The van der Waals surface area contributed by atoms with Gasteiger partial charge in [0.1, 0.15) is 11.9 Å². The highest BCUT2D eigenvalue weighted by Crippen LogP contribution is 2.34. The number of hydrogen-bond donors (Lipinski definition) is 2. The molecule has 0 radical (unpaired) electrons. The van der Waals surface area contributed by atoms with E-state index in [1.165, 1.54) is 4.90 Å². The molecule has 3 amide bonds. The van der Waals surface area contributed by atoms with Crippen molar-refractivity contribution in [3.05, 3.63) is 52.2 Å². The zero-order valence-electron chi connectivity index (χ0n) is 15.9. The van der Waals surface area contributed by atoms with Crippen molar-refractivity contribution in [3.8, 4) is 0 Å². The largest absolute Gasteiger partial charge is 0.369 e. The average molecular weight is 442 g/mol. The first-order chi connectivity index (χ1) is 14.5. The maximum atomic E-state index is 13.0. The summed E-state index contributed by atoms with van der Waals surface area (Å²) < 4.78 is 0. The molecule has 154 valence electrons. The minimum Gasteiger partial charge on any atom is -0.369 e. The van der Waals surface area contributed by atoms with Crippen LogP contribution in [0.2, 0.25) is 0 Å². The number of rotatable bonds is 7. The van der Waals surface area contributed by atoms with E-state index >= 15 is 0 Å². The molecule has 10 heteroatoms. The number of para-hydroxylation sites is 1. The first kappa shape index (κ1) is 20.3. The quantitative estimate of drug-likeness (QED) is 0.683. The Morgan fingerprint density at radius 3 is 2.83 bits per heavy atom. The minimum absolute atomic E-state index is 0.00779. The number of thioether (sulfide) groups is 1. The van der Waals surface area contributed by atoms with E-state index < -0.39 is 11.9 Å². The summed E-state index contributed by atoms with van der Waals surface area (Å²) in [5.41, 5.74) is 6.69. The van der Waals surface area contributed by atoms with Gasteiger partial charge in [-0.2, -0.15) is 0 Å². The van der Waals surface area contributed by atoms with Crippen molar-refractivity contribution in [2.45, 2.75) is 25.4 Å². The van der Waals surface area contributed by atoms with Gasteiger partial charge in [-0.25, -0.2) is 9.89 Å². The molecular formula is C20H19N5O3S2. The molecule has 1 aromatic heterocycles. The molecule has 0 saturated carbocycles. The van der Waals surface area contributed by atoms with Crippen molar-refractivity contribution in [1.29, 1.82) is 0 Å². The highest BCUT2D eigenvalue weighted by molar-refractivity contribution is 8.14. The SMILES string of the molecule is NC(=O)CSC1=Nc2ccccc2C2=N[C@H](CCC(=O)NCc3cccs3)C(=O)N12. The van der Waals surface area contributed by atoms with Gasteiger partial charge in [-0.15, -0.1) is 11.3 Å². The fraction of sp³-hybridized carbons (Fsp3) is 0.250. The van der Waals surface area contributed by atoms with Crippen LogP contribution in [0.5, 0.6) is 0 Å². The molecule has 3 heterocycles. The molecular weight excluding hydrogens is 422 g/mol. The Balaban J connectivity index is 1.47. The number of amidine groups is 2. The number of nitrogens with one attached hydrogen (secondary N) is 1. The lowest BCUT2D eigenvalue weighted by Crippen LogP contribution is -2.41. The maximum Gasteiger partial charge on any atom is 0.259 e. The molecule has 3 N–H and O–H groups in total. The Bertz CT molecular complexity index is 1050. The van der Waals surface area contributed by atoms with E-state index in [9.17, 15) is 14.4 Å². The molecule has 8 nitrogen and oxygen atoms in total. The number of carbonyl (C=O) groups excluding carboxylic acids is 3. The smallest absolute Gasteiger partial charge is 0.259 e. The van der Waals surface area contributed by atoms with E-state index in [4.69, 9.17) is 5.73 Å². The molecule has 0 bridgehead atoms. The summed E-state index contributed by atoms with van der Waals surface area (Å²) >= 11 is 2.68. The van der Waals surface area contributed by atoms with Gasteiger partial charge in [0, 0.05) is 16.9 Å². The van der Waals surface area contributed by atoms with Gasteiger partial charge in [-0.05, 0) is 30.0 Å². The number of benzene rings is 1. The molecule has 0 aliphatic carbocycles. The summed E-state index contributed by atoms with van der Waals surface area (Å²) in [7, 11) is 0. The Hall–Kier alpha value is -2.98. The Labute approximate surface area is 181 Å². The lowest BCUT2D eigenvalue weighted by Gasteiger charge is -2.25. The van der Waals surface area contributed by atoms with Crippen molar-refractivity contribution in [3.63, 3.8) is 0 Å². The summed E-state index contributed by atoms with van der Waals surface area (Å²) in [6.07, 6.45) is 0.486. The monoisotopic (exact) mass is 441 g/mol. The van der Waals surface area contributed by atoms with Crippen LogP contribution in [0.3, 0.4) is 0 Å².